The number of ether oxygens (including phenoxy) is 1. The molecule has 1 aromatic heterocycles. The Bertz CT molecular complexity index is 291. The van der Waals surface area contributed by atoms with Crippen LogP contribution >= 0.6 is 0 Å². The Morgan fingerprint density at radius 1 is 1.53 bits per heavy atom. The average Bonchev–Trinajstić information content (AvgIpc) is 2.60. The highest BCUT2D eigenvalue weighted by Gasteiger charge is 2.11. The third-order valence-electron chi connectivity index (χ3n) is 1.56. The number of rotatable bonds is 6. The van der Waals surface area contributed by atoms with Crippen molar-refractivity contribution in [1.82, 2.24) is 10.1 Å². The van der Waals surface area contributed by atoms with Crippen molar-refractivity contribution in [2.24, 2.45) is 0 Å². The first-order valence-electron chi connectivity index (χ1n) is 4.46. The van der Waals surface area contributed by atoms with Crippen LogP contribution in [-0.2, 0) is 11.2 Å². The lowest BCUT2D eigenvalue weighted by molar-refractivity contribution is 0.0182. The van der Waals surface area contributed by atoms with E-state index >= 15 is 0 Å². The molecule has 1 aromatic rings. The van der Waals surface area contributed by atoms with E-state index in [-0.39, 0.29) is 18.9 Å². The summed E-state index contributed by atoms with van der Waals surface area (Å²) in [6.07, 6.45) is -3.01. The van der Waals surface area contributed by atoms with Crippen molar-refractivity contribution in [2.45, 2.75) is 25.9 Å². The quantitative estimate of drug-likeness (QED) is 0.725. The monoisotopic (exact) mass is 222 g/mol. The second-order valence-corrected chi connectivity index (χ2v) is 2.94. The van der Waals surface area contributed by atoms with Crippen LogP contribution in [0.2, 0.25) is 0 Å². The van der Waals surface area contributed by atoms with Gasteiger partial charge in [-0.05, 0) is 6.92 Å². The highest BCUT2D eigenvalue weighted by atomic mass is 19.3. The summed E-state index contributed by atoms with van der Waals surface area (Å²) in [6.45, 7) is 0.995. The summed E-state index contributed by atoms with van der Waals surface area (Å²) in [6, 6.07) is 0. The van der Waals surface area contributed by atoms with Gasteiger partial charge in [-0.25, -0.2) is 8.78 Å². The lowest BCUT2D eigenvalue weighted by Gasteiger charge is -1.99. The van der Waals surface area contributed by atoms with Gasteiger partial charge in [-0.1, -0.05) is 5.16 Å². The second kappa shape index (κ2) is 5.72. The number of hydrogen-bond acceptors (Lipinski definition) is 5. The van der Waals surface area contributed by atoms with Crippen molar-refractivity contribution in [3.8, 4) is 0 Å². The lowest BCUT2D eigenvalue weighted by Crippen LogP contribution is -2.07. The number of hydrogen-bond donors (Lipinski definition) is 1. The van der Waals surface area contributed by atoms with Crippen LogP contribution in [0.1, 0.15) is 24.7 Å². The topological polar surface area (TPSA) is 68.4 Å². The predicted molar refractivity (Wildman–Crippen MR) is 45.5 cm³/mol. The summed E-state index contributed by atoms with van der Waals surface area (Å²) in [5, 5.41) is 12.6. The summed E-state index contributed by atoms with van der Waals surface area (Å²) in [4.78, 5) is 3.83. The van der Waals surface area contributed by atoms with E-state index in [1.54, 1.807) is 0 Å². The molecule has 86 valence electrons. The van der Waals surface area contributed by atoms with Gasteiger partial charge < -0.3 is 14.4 Å². The molecule has 7 heteroatoms. The van der Waals surface area contributed by atoms with E-state index in [0.717, 1.165) is 0 Å². The van der Waals surface area contributed by atoms with E-state index in [9.17, 15) is 8.78 Å². The van der Waals surface area contributed by atoms with Crippen LogP contribution in [0.5, 0.6) is 0 Å². The summed E-state index contributed by atoms with van der Waals surface area (Å²) < 4.78 is 32.6. The number of aliphatic hydroxyl groups is 1. The molecular formula is C8H12F2N2O3. The molecule has 0 aliphatic heterocycles. The predicted octanol–water partition coefficient (Wildman–Crippen LogP) is 0.947. The highest BCUT2D eigenvalue weighted by molar-refractivity contribution is 4.88. The summed E-state index contributed by atoms with van der Waals surface area (Å²) in [5.74, 6) is 0.444. The summed E-state index contributed by atoms with van der Waals surface area (Å²) >= 11 is 0. The van der Waals surface area contributed by atoms with Crippen LogP contribution in [-0.4, -0.2) is 34.9 Å². The molecular weight excluding hydrogens is 210 g/mol. The molecule has 15 heavy (non-hydrogen) atoms. The van der Waals surface area contributed by atoms with E-state index in [4.69, 9.17) is 5.11 Å². The van der Waals surface area contributed by atoms with E-state index in [2.05, 4.69) is 19.4 Å². The van der Waals surface area contributed by atoms with Crippen LogP contribution in [0.25, 0.3) is 0 Å². The number of alkyl halides is 2. The van der Waals surface area contributed by atoms with Crippen LogP contribution < -0.4 is 0 Å². The Morgan fingerprint density at radius 2 is 2.27 bits per heavy atom. The number of aromatic nitrogens is 2. The van der Waals surface area contributed by atoms with Gasteiger partial charge in [0.05, 0.1) is 6.61 Å². The van der Waals surface area contributed by atoms with Crippen LogP contribution in [0.4, 0.5) is 8.78 Å². The molecule has 0 aromatic carbocycles. The van der Waals surface area contributed by atoms with Gasteiger partial charge in [-0.15, -0.1) is 0 Å². The Labute approximate surface area is 85.0 Å². The molecule has 0 aliphatic carbocycles. The zero-order valence-corrected chi connectivity index (χ0v) is 8.19. The van der Waals surface area contributed by atoms with Gasteiger partial charge in [0.2, 0.25) is 0 Å². The van der Waals surface area contributed by atoms with Crippen LogP contribution in [0, 0.1) is 0 Å². The third kappa shape index (κ3) is 4.30. The van der Waals surface area contributed by atoms with Gasteiger partial charge in [0.15, 0.2) is 5.82 Å². The van der Waals surface area contributed by atoms with Crippen LogP contribution in [0.15, 0.2) is 4.52 Å². The zero-order valence-electron chi connectivity index (χ0n) is 8.19. The van der Waals surface area contributed by atoms with E-state index in [1.807, 2.05) is 0 Å². The molecule has 0 fully saturated rings. The average molecular weight is 222 g/mol. The van der Waals surface area contributed by atoms with Crippen molar-refractivity contribution in [1.29, 1.82) is 0 Å². The Kier molecular flexibility index (Phi) is 4.57. The van der Waals surface area contributed by atoms with Crippen molar-refractivity contribution in [3.63, 3.8) is 0 Å². The SMILES string of the molecule is CC(O)c1nc(CCOCC(F)F)no1. The molecule has 1 rings (SSSR count). The van der Waals surface area contributed by atoms with E-state index < -0.39 is 19.1 Å². The zero-order chi connectivity index (χ0) is 11.3. The molecule has 0 saturated heterocycles. The minimum Gasteiger partial charge on any atom is -0.384 e. The van der Waals surface area contributed by atoms with Gasteiger partial charge in [0.1, 0.15) is 12.7 Å². The van der Waals surface area contributed by atoms with Crippen molar-refractivity contribution in [3.05, 3.63) is 11.7 Å². The Morgan fingerprint density at radius 3 is 2.80 bits per heavy atom. The van der Waals surface area contributed by atoms with Crippen molar-refractivity contribution in [2.75, 3.05) is 13.2 Å². The number of halogens is 2. The minimum atomic E-state index is -2.47. The molecule has 0 bridgehead atoms. The van der Waals surface area contributed by atoms with Crippen molar-refractivity contribution >= 4 is 0 Å². The first kappa shape index (κ1) is 12.0. The Balaban J connectivity index is 2.26. The van der Waals surface area contributed by atoms with Crippen molar-refractivity contribution < 1.29 is 23.1 Å². The molecule has 1 N–H and O–H groups in total. The van der Waals surface area contributed by atoms with Gasteiger partial charge in [-0.3, -0.25) is 0 Å². The number of aliphatic hydroxyl groups excluding tert-OH is 1. The minimum absolute atomic E-state index is 0.100. The largest absolute Gasteiger partial charge is 0.384 e. The number of nitrogens with zero attached hydrogens (tertiary/aromatic N) is 2. The molecule has 0 amide bonds. The maximum Gasteiger partial charge on any atom is 0.261 e. The molecule has 5 nitrogen and oxygen atoms in total. The van der Waals surface area contributed by atoms with E-state index in [1.165, 1.54) is 6.92 Å². The highest BCUT2D eigenvalue weighted by Crippen LogP contribution is 2.08. The second-order valence-electron chi connectivity index (χ2n) is 2.94. The molecule has 1 heterocycles. The standard InChI is InChI=1S/C8H12F2N2O3/c1-5(13)8-11-7(12-15-8)2-3-14-4-6(9)10/h5-6,13H,2-4H2,1H3. The maximum atomic E-state index is 11.7. The molecule has 0 radical (unpaired) electrons. The normalized spacial score (nSPS) is 13.4. The molecule has 0 spiro atoms. The van der Waals surface area contributed by atoms with Gasteiger partial charge in [0, 0.05) is 6.42 Å². The first-order valence-corrected chi connectivity index (χ1v) is 4.46. The van der Waals surface area contributed by atoms with E-state index in [0.29, 0.717) is 5.82 Å². The summed E-state index contributed by atoms with van der Waals surface area (Å²) in [7, 11) is 0. The van der Waals surface area contributed by atoms with Gasteiger partial charge >= 0.3 is 0 Å². The smallest absolute Gasteiger partial charge is 0.261 e. The van der Waals surface area contributed by atoms with Crippen LogP contribution in [0.3, 0.4) is 0 Å². The fraction of sp³-hybridized carbons (Fsp3) is 0.750. The Hall–Kier alpha value is -1.08. The first-order chi connectivity index (χ1) is 7.09. The molecule has 0 saturated carbocycles. The maximum absolute atomic E-state index is 11.7. The fourth-order valence-electron chi connectivity index (χ4n) is 0.875. The van der Waals surface area contributed by atoms with Gasteiger partial charge in [-0.2, -0.15) is 4.98 Å². The lowest BCUT2D eigenvalue weighted by atomic mass is 10.4. The third-order valence-corrected chi connectivity index (χ3v) is 1.56. The molecule has 0 aliphatic rings. The molecule has 1 atom stereocenters. The summed E-state index contributed by atoms with van der Waals surface area (Å²) in [5.41, 5.74) is 0. The van der Waals surface area contributed by atoms with Gasteiger partial charge in [0.25, 0.3) is 12.3 Å². The fourth-order valence-corrected chi connectivity index (χ4v) is 0.875. The molecule has 1 unspecified atom stereocenters.